The number of nitrogens with zero attached hydrogens (tertiary/aromatic N) is 3. The number of aromatic nitrogens is 3. The van der Waals surface area contributed by atoms with Gasteiger partial charge in [0.05, 0.1) is 0 Å². The number of rotatable bonds is 4. The largest absolute Gasteiger partial charge is 0.324 e. The summed E-state index contributed by atoms with van der Waals surface area (Å²) < 4.78 is 2.01. The van der Waals surface area contributed by atoms with E-state index in [1.165, 1.54) is 5.56 Å². The molecule has 0 aliphatic carbocycles. The molecule has 2 aromatic rings. The van der Waals surface area contributed by atoms with Crippen LogP contribution in [0.5, 0.6) is 0 Å². The fourth-order valence-electron chi connectivity index (χ4n) is 1.82. The minimum absolute atomic E-state index is 0.0632. The predicted molar refractivity (Wildman–Crippen MR) is 67.4 cm³/mol. The smallest absolute Gasteiger partial charge is 0.132 e. The lowest BCUT2D eigenvalue weighted by Gasteiger charge is -2.11. The van der Waals surface area contributed by atoms with Gasteiger partial charge in [0.2, 0.25) is 0 Å². The van der Waals surface area contributed by atoms with Gasteiger partial charge in [-0.3, -0.25) is 0 Å². The normalized spacial score (nSPS) is 12.6. The van der Waals surface area contributed by atoms with Gasteiger partial charge in [0.15, 0.2) is 0 Å². The summed E-state index contributed by atoms with van der Waals surface area (Å²) in [6.45, 7) is 1.95. The van der Waals surface area contributed by atoms with E-state index in [0.717, 1.165) is 24.5 Å². The molecule has 90 valence electrons. The molecule has 1 aromatic carbocycles. The van der Waals surface area contributed by atoms with Gasteiger partial charge >= 0.3 is 0 Å². The number of hydrogen-bond donors (Lipinski definition) is 1. The Balaban J connectivity index is 1.97. The van der Waals surface area contributed by atoms with Crippen LogP contribution in [-0.4, -0.2) is 14.8 Å². The van der Waals surface area contributed by atoms with Gasteiger partial charge in [0.1, 0.15) is 11.6 Å². The van der Waals surface area contributed by atoms with E-state index in [1.54, 1.807) is 0 Å². The van der Waals surface area contributed by atoms with Crippen molar-refractivity contribution in [3.05, 3.63) is 47.5 Å². The quantitative estimate of drug-likeness (QED) is 0.870. The van der Waals surface area contributed by atoms with Gasteiger partial charge in [-0.2, -0.15) is 0 Å². The summed E-state index contributed by atoms with van der Waals surface area (Å²) in [5.74, 6) is 1.93. The fraction of sp³-hybridized carbons (Fsp3) is 0.385. The van der Waals surface area contributed by atoms with Crippen LogP contribution < -0.4 is 5.73 Å². The van der Waals surface area contributed by atoms with Crippen molar-refractivity contribution in [2.24, 2.45) is 12.8 Å². The Kier molecular flexibility index (Phi) is 3.54. The molecule has 0 fully saturated rings. The highest BCUT2D eigenvalue weighted by Gasteiger charge is 2.09. The zero-order valence-electron chi connectivity index (χ0n) is 10.3. The van der Waals surface area contributed by atoms with Gasteiger partial charge in [-0.05, 0) is 18.9 Å². The molecule has 0 saturated heterocycles. The van der Waals surface area contributed by atoms with Gasteiger partial charge in [0, 0.05) is 19.5 Å². The van der Waals surface area contributed by atoms with Gasteiger partial charge in [-0.25, -0.2) is 0 Å². The van der Waals surface area contributed by atoms with Crippen LogP contribution in [0.2, 0.25) is 0 Å². The zero-order valence-corrected chi connectivity index (χ0v) is 10.3. The molecular weight excluding hydrogens is 212 g/mol. The first-order valence-corrected chi connectivity index (χ1v) is 5.84. The molecule has 0 aliphatic heterocycles. The summed E-state index contributed by atoms with van der Waals surface area (Å²) in [4.78, 5) is 0. The van der Waals surface area contributed by atoms with E-state index < -0.39 is 0 Å². The first kappa shape index (κ1) is 11.8. The molecule has 0 spiro atoms. The van der Waals surface area contributed by atoms with Crippen LogP contribution in [0.25, 0.3) is 0 Å². The highest BCUT2D eigenvalue weighted by molar-refractivity contribution is 5.18. The van der Waals surface area contributed by atoms with Crippen LogP contribution in [-0.2, 0) is 13.5 Å². The van der Waals surface area contributed by atoms with Crippen LogP contribution in [0.1, 0.15) is 29.7 Å². The Labute approximate surface area is 101 Å². The lowest BCUT2D eigenvalue weighted by molar-refractivity contribution is 0.618. The van der Waals surface area contributed by atoms with Crippen LogP contribution >= 0.6 is 0 Å². The number of nitrogens with two attached hydrogens (primary N) is 1. The molecule has 0 aliphatic rings. The van der Waals surface area contributed by atoms with Gasteiger partial charge in [0.25, 0.3) is 0 Å². The number of hydrogen-bond acceptors (Lipinski definition) is 3. The van der Waals surface area contributed by atoms with Crippen molar-refractivity contribution in [1.82, 2.24) is 14.8 Å². The van der Waals surface area contributed by atoms with E-state index in [1.807, 2.05) is 36.7 Å². The van der Waals surface area contributed by atoms with E-state index in [-0.39, 0.29) is 6.04 Å². The second kappa shape index (κ2) is 5.10. The Morgan fingerprint density at radius 3 is 2.53 bits per heavy atom. The average molecular weight is 230 g/mol. The van der Waals surface area contributed by atoms with Gasteiger partial charge in [-0.1, -0.05) is 30.3 Å². The number of aryl methyl sites for hydroxylation is 2. The van der Waals surface area contributed by atoms with E-state index in [0.29, 0.717) is 0 Å². The SMILES string of the molecule is Cc1nnc(CCC(N)c2ccccc2)n1C. The van der Waals surface area contributed by atoms with Crippen molar-refractivity contribution in [1.29, 1.82) is 0 Å². The molecule has 17 heavy (non-hydrogen) atoms. The van der Waals surface area contributed by atoms with Crippen LogP contribution in [0.3, 0.4) is 0 Å². The van der Waals surface area contributed by atoms with E-state index in [4.69, 9.17) is 5.73 Å². The molecule has 4 nitrogen and oxygen atoms in total. The molecule has 0 bridgehead atoms. The highest BCUT2D eigenvalue weighted by Crippen LogP contribution is 2.15. The van der Waals surface area contributed by atoms with E-state index in [9.17, 15) is 0 Å². The Morgan fingerprint density at radius 1 is 1.24 bits per heavy atom. The maximum absolute atomic E-state index is 6.14. The highest BCUT2D eigenvalue weighted by atomic mass is 15.3. The number of benzene rings is 1. The third kappa shape index (κ3) is 2.71. The minimum Gasteiger partial charge on any atom is -0.324 e. The molecule has 2 N–H and O–H groups in total. The maximum Gasteiger partial charge on any atom is 0.132 e. The second-order valence-corrected chi connectivity index (χ2v) is 4.28. The molecule has 1 aromatic heterocycles. The first-order valence-electron chi connectivity index (χ1n) is 5.84. The Bertz CT molecular complexity index is 475. The predicted octanol–water partition coefficient (Wildman–Crippen LogP) is 1.76. The Morgan fingerprint density at radius 2 is 1.94 bits per heavy atom. The van der Waals surface area contributed by atoms with Crippen molar-refractivity contribution >= 4 is 0 Å². The zero-order chi connectivity index (χ0) is 12.3. The molecule has 0 amide bonds. The van der Waals surface area contributed by atoms with Crippen LogP contribution in [0.4, 0.5) is 0 Å². The van der Waals surface area contributed by atoms with Gasteiger partial charge < -0.3 is 10.3 Å². The van der Waals surface area contributed by atoms with Crippen molar-refractivity contribution in [3.63, 3.8) is 0 Å². The molecular formula is C13H18N4. The third-order valence-electron chi connectivity index (χ3n) is 3.09. The van der Waals surface area contributed by atoms with Crippen molar-refractivity contribution < 1.29 is 0 Å². The summed E-state index contributed by atoms with van der Waals surface area (Å²) in [5, 5.41) is 8.18. The molecule has 2 rings (SSSR count). The minimum atomic E-state index is 0.0632. The maximum atomic E-state index is 6.14. The second-order valence-electron chi connectivity index (χ2n) is 4.28. The molecule has 1 heterocycles. The molecule has 4 heteroatoms. The fourth-order valence-corrected chi connectivity index (χ4v) is 1.82. The summed E-state index contributed by atoms with van der Waals surface area (Å²) in [6.07, 6.45) is 1.74. The van der Waals surface area contributed by atoms with Gasteiger partial charge in [-0.15, -0.1) is 10.2 Å². The average Bonchev–Trinajstić information content (AvgIpc) is 2.68. The lowest BCUT2D eigenvalue weighted by Crippen LogP contribution is -2.12. The van der Waals surface area contributed by atoms with E-state index >= 15 is 0 Å². The molecule has 1 atom stereocenters. The van der Waals surface area contributed by atoms with Crippen LogP contribution in [0, 0.1) is 6.92 Å². The van der Waals surface area contributed by atoms with Crippen molar-refractivity contribution in [2.75, 3.05) is 0 Å². The lowest BCUT2D eigenvalue weighted by atomic mass is 10.0. The first-order chi connectivity index (χ1) is 8.18. The Hall–Kier alpha value is -1.68. The summed E-state index contributed by atoms with van der Waals surface area (Å²) in [6, 6.07) is 10.2. The molecule has 1 unspecified atom stereocenters. The summed E-state index contributed by atoms with van der Waals surface area (Å²) in [7, 11) is 1.98. The third-order valence-corrected chi connectivity index (χ3v) is 3.09. The molecule has 0 saturated carbocycles. The van der Waals surface area contributed by atoms with Crippen molar-refractivity contribution in [3.8, 4) is 0 Å². The topological polar surface area (TPSA) is 56.7 Å². The monoisotopic (exact) mass is 230 g/mol. The van der Waals surface area contributed by atoms with E-state index in [2.05, 4.69) is 22.3 Å². The summed E-state index contributed by atoms with van der Waals surface area (Å²) in [5.41, 5.74) is 7.31. The van der Waals surface area contributed by atoms with Crippen LogP contribution in [0.15, 0.2) is 30.3 Å². The molecule has 0 radical (unpaired) electrons. The standard InChI is InChI=1S/C13H18N4/c1-10-15-16-13(17(10)2)9-8-12(14)11-6-4-3-5-7-11/h3-7,12H,8-9,14H2,1-2H3. The summed E-state index contributed by atoms with van der Waals surface area (Å²) >= 11 is 0. The van der Waals surface area contributed by atoms with Crippen molar-refractivity contribution in [2.45, 2.75) is 25.8 Å².